The Morgan fingerprint density at radius 2 is 2.21 bits per heavy atom. The van der Waals surface area contributed by atoms with E-state index < -0.39 is 5.60 Å². The number of nitrogens with zero attached hydrogens (tertiary/aromatic N) is 3. The SMILES string of the molecule is CNc1cncc(C(=O)N2CCCC(C)(O)CC2)n1. The molecule has 1 unspecified atom stereocenters. The van der Waals surface area contributed by atoms with Crippen LogP contribution in [0.5, 0.6) is 0 Å². The Hall–Kier alpha value is -1.69. The summed E-state index contributed by atoms with van der Waals surface area (Å²) in [7, 11) is 1.74. The fourth-order valence-electron chi connectivity index (χ4n) is 2.22. The molecule has 1 atom stereocenters. The van der Waals surface area contributed by atoms with Crippen LogP contribution in [0, 0.1) is 0 Å². The number of carbonyl (C=O) groups excluding carboxylic acids is 1. The molecule has 1 aliphatic heterocycles. The number of carbonyl (C=O) groups is 1. The average Bonchev–Trinajstić information content (AvgIpc) is 2.59. The topological polar surface area (TPSA) is 78.4 Å². The quantitative estimate of drug-likeness (QED) is 0.829. The third-order valence-electron chi connectivity index (χ3n) is 3.46. The fraction of sp³-hybridized carbons (Fsp3) is 0.615. The molecule has 6 nitrogen and oxygen atoms in total. The van der Waals surface area contributed by atoms with E-state index in [1.165, 1.54) is 6.20 Å². The predicted octanol–water partition coefficient (Wildman–Crippen LogP) is 0.895. The van der Waals surface area contributed by atoms with Crippen LogP contribution in [0.15, 0.2) is 12.4 Å². The number of anilines is 1. The molecule has 0 aliphatic carbocycles. The number of likely N-dealkylation sites (tertiary alicyclic amines) is 1. The van der Waals surface area contributed by atoms with Crippen molar-refractivity contribution in [2.75, 3.05) is 25.5 Å². The van der Waals surface area contributed by atoms with E-state index in [0.29, 0.717) is 31.0 Å². The second-order valence-electron chi connectivity index (χ2n) is 5.18. The lowest BCUT2D eigenvalue weighted by molar-refractivity contribution is 0.0437. The number of aliphatic hydroxyl groups is 1. The van der Waals surface area contributed by atoms with Gasteiger partial charge in [0.25, 0.3) is 5.91 Å². The molecular weight excluding hydrogens is 244 g/mol. The number of nitrogens with one attached hydrogen (secondary N) is 1. The van der Waals surface area contributed by atoms with E-state index in [1.807, 2.05) is 6.92 Å². The van der Waals surface area contributed by atoms with E-state index in [-0.39, 0.29) is 5.91 Å². The zero-order chi connectivity index (χ0) is 13.9. The van der Waals surface area contributed by atoms with Gasteiger partial charge in [-0.15, -0.1) is 0 Å². The van der Waals surface area contributed by atoms with Crippen LogP contribution >= 0.6 is 0 Å². The highest BCUT2D eigenvalue weighted by Gasteiger charge is 2.28. The van der Waals surface area contributed by atoms with Gasteiger partial charge in [0.1, 0.15) is 11.5 Å². The Kier molecular flexibility index (Phi) is 3.99. The molecule has 2 heterocycles. The molecule has 0 radical (unpaired) electrons. The maximum atomic E-state index is 12.3. The van der Waals surface area contributed by atoms with E-state index in [4.69, 9.17) is 0 Å². The van der Waals surface area contributed by atoms with Crippen LogP contribution in [0.1, 0.15) is 36.7 Å². The molecule has 6 heteroatoms. The molecule has 1 amide bonds. The standard InChI is InChI=1S/C13H20N4O2/c1-13(19)4-3-6-17(7-5-13)12(18)10-8-15-9-11(14-2)16-10/h8-9,19H,3-7H2,1-2H3,(H,14,16). The smallest absolute Gasteiger partial charge is 0.274 e. The summed E-state index contributed by atoms with van der Waals surface area (Å²) in [6.45, 7) is 3.03. The van der Waals surface area contributed by atoms with E-state index in [2.05, 4.69) is 15.3 Å². The third-order valence-corrected chi connectivity index (χ3v) is 3.46. The van der Waals surface area contributed by atoms with Crippen molar-refractivity contribution in [2.45, 2.75) is 31.8 Å². The number of hydrogen-bond donors (Lipinski definition) is 2. The minimum absolute atomic E-state index is 0.123. The van der Waals surface area contributed by atoms with Crippen LogP contribution in [0.2, 0.25) is 0 Å². The van der Waals surface area contributed by atoms with Gasteiger partial charge in [-0.25, -0.2) is 4.98 Å². The summed E-state index contributed by atoms with van der Waals surface area (Å²) in [5.41, 5.74) is -0.332. The van der Waals surface area contributed by atoms with Gasteiger partial charge < -0.3 is 15.3 Å². The second kappa shape index (κ2) is 5.52. The van der Waals surface area contributed by atoms with Gasteiger partial charge in [-0.2, -0.15) is 0 Å². The molecule has 104 valence electrons. The number of hydrogen-bond acceptors (Lipinski definition) is 5. The minimum Gasteiger partial charge on any atom is -0.390 e. The van der Waals surface area contributed by atoms with Gasteiger partial charge in [0.05, 0.1) is 18.0 Å². The van der Waals surface area contributed by atoms with Crippen molar-refractivity contribution in [1.82, 2.24) is 14.9 Å². The second-order valence-corrected chi connectivity index (χ2v) is 5.18. The van der Waals surface area contributed by atoms with Crippen LogP contribution in [0.25, 0.3) is 0 Å². The number of rotatable bonds is 2. The van der Waals surface area contributed by atoms with Gasteiger partial charge in [0.2, 0.25) is 0 Å². The molecule has 19 heavy (non-hydrogen) atoms. The molecule has 2 rings (SSSR count). The molecular formula is C13H20N4O2. The highest BCUT2D eigenvalue weighted by Crippen LogP contribution is 2.22. The third kappa shape index (κ3) is 3.41. The molecule has 1 aromatic rings. The summed E-state index contributed by atoms with van der Waals surface area (Å²) >= 11 is 0. The Balaban J connectivity index is 2.10. The summed E-state index contributed by atoms with van der Waals surface area (Å²) in [6, 6.07) is 0. The van der Waals surface area contributed by atoms with Crippen molar-refractivity contribution < 1.29 is 9.90 Å². The molecule has 0 aromatic carbocycles. The average molecular weight is 264 g/mol. The molecule has 1 saturated heterocycles. The maximum absolute atomic E-state index is 12.3. The van der Waals surface area contributed by atoms with Crippen LogP contribution in [-0.2, 0) is 0 Å². The van der Waals surface area contributed by atoms with Crippen LogP contribution in [0.4, 0.5) is 5.82 Å². The molecule has 0 spiro atoms. The van der Waals surface area contributed by atoms with E-state index in [1.54, 1.807) is 18.1 Å². The van der Waals surface area contributed by atoms with Gasteiger partial charge in [-0.1, -0.05) is 0 Å². The Morgan fingerprint density at radius 3 is 2.95 bits per heavy atom. The molecule has 0 bridgehead atoms. The van der Waals surface area contributed by atoms with Gasteiger partial charge in [0, 0.05) is 20.1 Å². The van der Waals surface area contributed by atoms with E-state index in [0.717, 1.165) is 12.8 Å². The highest BCUT2D eigenvalue weighted by molar-refractivity contribution is 5.92. The minimum atomic E-state index is -0.673. The highest BCUT2D eigenvalue weighted by atomic mass is 16.3. The summed E-state index contributed by atoms with van der Waals surface area (Å²) in [5.74, 6) is 0.454. The fourth-order valence-corrected chi connectivity index (χ4v) is 2.22. The monoisotopic (exact) mass is 264 g/mol. The maximum Gasteiger partial charge on any atom is 0.274 e. The first-order valence-corrected chi connectivity index (χ1v) is 6.53. The zero-order valence-corrected chi connectivity index (χ0v) is 11.4. The largest absolute Gasteiger partial charge is 0.390 e. The van der Waals surface area contributed by atoms with Crippen molar-refractivity contribution in [3.8, 4) is 0 Å². The van der Waals surface area contributed by atoms with Gasteiger partial charge >= 0.3 is 0 Å². The lowest BCUT2D eigenvalue weighted by Crippen LogP contribution is -2.34. The zero-order valence-electron chi connectivity index (χ0n) is 11.4. The van der Waals surface area contributed by atoms with Crippen LogP contribution < -0.4 is 5.32 Å². The van der Waals surface area contributed by atoms with Gasteiger partial charge in [-0.05, 0) is 26.2 Å². The molecule has 1 aromatic heterocycles. The molecule has 1 aliphatic rings. The summed E-state index contributed by atoms with van der Waals surface area (Å²) in [6.07, 6.45) is 5.17. The normalized spacial score (nSPS) is 23.8. The number of amides is 1. The van der Waals surface area contributed by atoms with Crippen molar-refractivity contribution in [3.63, 3.8) is 0 Å². The van der Waals surface area contributed by atoms with Crippen molar-refractivity contribution in [3.05, 3.63) is 18.1 Å². The van der Waals surface area contributed by atoms with Gasteiger partial charge in [-0.3, -0.25) is 9.78 Å². The number of aromatic nitrogens is 2. The summed E-state index contributed by atoms with van der Waals surface area (Å²) in [4.78, 5) is 22.3. The van der Waals surface area contributed by atoms with Crippen LogP contribution in [-0.4, -0.2) is 51.6 Å². The van der Waals surface area contributed by atoms with Crippen molar-refractivity contribution >= 4 is 11.7 Å². The van der Waals surface area contributed by atoms with Gasteiger partial charge in [0.15, 0.2) is 0 Å². The first-order chi connectivity index (χ1) is 9.02. The van der Waals surface area contributed by atoms with Crippen LogP contribution in [0.3, 0.4) is 0 Å². The van der Waals surface area contributed by atoms with Crippen molar-refractivity contribution in [1.29, 1.82) is 0 Å². The summed E-state index contributed by atoms with van der Waals surface area (Å²) in [5, 5.41) is 12.9. The molecule has 0 saturated carbocycles. The lowest BCUT2D eigenvalue weighted by Gasteiger charge is -2.22. The summed E-state index contributed by atoms with van der Waals surface area (Å²) < 4.78 is 0. The molecule has 1 fully saturated rings. The van der Waals surface area contributed by atoms with E-state index in [9.17, 15) is 9.90 Å². The Bertz CT molecular complexity index is 462. The Morgan fingerprint density at radius 1 is 1.42 bits per heavy atom. The first kappa shape index (κ1) is 13.7. The molecule has 2 N–H and O–H groups in total. The first-order valence-electron chi connectivity index (χ1n) is 6.53. The van der Waals surface area contributed by atoms with E-state index >= 15 is 0 Å². The van der Waals surface area contributed by atoms with Crippen molar-refractivity contribution in [2.24, 2.45) is 0 Å². The lowest BCUT2D eigenvalue weighted by atomic mass is 9.98. The Labute approximate surface area is 112 Å². The predicted molar refractivity (Wildman–Crippen MR) is 72.0 cm³/mol.